The molecule has 5 heteroatoms. The summed E-state index contributed by atoms with van der Waals surface area (Å²) >= 11 is 0. The molecule has 1 atom stereocenters. The molecular formula is C17H33N3O2. The van der Waals surface area contributed by atoms with Crippen molar-refractivity contribution in [3.05, 3.63) is 0 Å². The maximum Gasteiger partial charge on any atom is 0.236 e. The molecule has 0 saturated carbocycles. The fourth-order valence-corrected chi connectivity index (χ4v) is 2.58. The van der Waals surface area contributed by atoms with Crippen LogP contribution < -0.4 is 10.6 Å². The highest BCUT2D eigenvalue weighted by atomic mass is 16.2. The van der Waals surface area contributed by atoms with Gasteiger partial charge in [-0.05, 0) is 25.2 Å². The molecule has 1 unspecified atom stereocenters. The van der Waals surface area contributed by atoms with Crippen LogP contribution in [0.1, 0.15) is 53.4 Å². The molecule has 2 N–H and O–H groups in total. The Morgan fingerprint density at radius 3 is 2.36 bits per heavy atom. The third-order valence-electron chi connectivity index (χ3n) is 4.51. The van der Waals surface area contributed by atoms with Crippen molar-refractivity contribution in [2.75, 3.05) is 26.2 Å². The van der Waals surface area contributed by atoms with Gasteiger partial charge in [0.25, 0.3) is 0 Å². The molecule has 0 radical (unpaired) electrons. The average Bonchev–Trinajstić information content (AvgIpc) is 2.52. The largest absolute Gasteiger partial charge is 0.356 e. The van der Waals surface area contributed by atoms with Crippen molar-refractivity contribution >= 4 is 11.8 Å². The van der Waals surface area contributed by atoms with E-state index in [1.165, 1.54) is 0 Å². The van der Waals surface area contributed by atoms with Crippen molar-refractivity contribution < 1.29 is 9.59 Å². The van der Waals surface area contributed by atoms with Crippen LogP contribution in [-0.4, -0.2) is 48.9 Å². The summed E-state index contributed by atoms with van der Waals surface area (Å²) in [6.07, 6.45) is 3.76. The Kier molecular flexibility index (Phi) is 8.46. The molecule has 128 valence electrons. The van der Waals surface area contributed by atoms with Crippen LogP contribution in [0.2, 0.25) is 0 Å². The van der Waals surface area contributed by atoms with E-state index in [0.717, 1.165) is 32.2 Å². The van der Waals surface area contributed by atoms with E-state index in [4.69, 9.17) is 0 Å². The van der Waals surface area contributed by atoms with E-state index in [9.17, 15) is 9.59 Å². The molecule has 0 aromatic carbocycles. The number of carbonyl (C=O) groups is 2. The van der Waals surface area contributed by atoms with Gasteiger partial charge in [-0.2, -0.15) is 0 Å². The predicted molar refractivity (Wildman–Crippen MR) is 89.5 cm³/mol. The standard InChI is InChI=1S/C17H33N3O2/c1-5-14(4)6-9-18-17(22)15-7-10-20(11-8-15)16(21)12-19-13(2)3/h13-15,19H,5-12H2,1-4H3,(H,18,22). The van der Waals surface area contributed by atoms with E-state index in [1.54, 1.807) is 0 Å². The Bertz CT molecular complexity index is 350. The molecule has 1 saturated heterocycles. The maximum absolute atomic E-state index is 12.1. The van der Waals surface area contributed by atoms with Crippen molar-refractivity contribution in [2.24, 2.45) is 11.8 Å². The number of likely N-dealkylation sites (tertiary alicyclic amines) is 1. The first-order chi connectivity index (χ1) is 10.4. The number of hydrogen-bond acceptors (Lipinski definition) is 3. The van der Waals surface area contributed by atoms with Crippen molar-refractivity contribution in [3.8, 4) is 0 Å². The lowest BCUT2D eigenvalue weighted by atomic mass is 9.95. The van der Waals surface area contributed by atoms with Crippen LogP contribution in [0.3, 0.4) is 0 Å². The molecule has 0 aliphatic carbocycles. The summed E-state index contributed by atoms with van der Waals surface area (Å²) in [7, 11) is 0. The Morgan fingerprint density at radius 2 is 1.82 bits per heavy atom. The molecule has 1 fully saturated rings. The van der Waals surface area contributed by atoms with E-state index in [1.807, 2.05) is 18.7 Å². The first-order valence-corrected chi connectivity index (χ1v) is 8.72. The van der Waals surface area contributed by atoms with Crippen molar-refractivity contribution in [1.29, 1.82) is 0 Å². The molecular weight excluding hydrogens is 278 g/mol. The first kappa shape index (κ1) is 18.9. The third-order valence-corrected chi connectivity index (χ3v) is 4.51. The lowest BCUT2D eigenvalue weighted by Gasteiger charge is -2.31. The number of hydrogen-bond donors (Lipinski definition) is 2. The van der Waals surface area contributed by atoms with Crippen LogP contribution >= 0.6 is 0 Å². The fourth-order valence-electron chi connectivity index (χ4n) is 2.58. The molecule has 2 amide bonds. The number of piperidine rings is 1. The minimum Gasteiger partial charge on any atom is -0.356 e. The van der Waals surface area contributed by atoms with E-state index in [-0.39, 0.29) is 17.7 Å². The first-order valence-electron chi connectivity index (χ1n) is 8.72. The number of rotatable bonds is 8. The van der Waals surface area contributed by atoms with Gasteiger partial charge in [0.15, 0.2) is 0 Å². The second-order valence-electron chi connectivity index (χ2n) is 6.78. The third kappa shape index (κ3) is 6.77. The monoisotopic (exact) mass is 311 g/mol. The van der Waals surface area contributed by atoms with E-state index in [2.05, 4.69) is 24.5 Å². The Labute approximate surface area is 135 Å². The van der Waals surface area contributed by atoms with E-state index >= 15 is 0 Å². The molecule has 5 nitrogen and oxygen atoms in total. The van der Waals surface area contributed by atoms with Crippen LogP contribution in [-0.2, 0) is 9.59 Å². The van der Waals surface area contributed by atoms with Gasteiger partial charge in [0, 0.05) is 31.6 Å². The zero-order valence-electron chi connectivity index (χ0n) is 14.7. The van der Waals surface area contributed by atoms with Gasteiger partial charge in [0.05, 0.1) is 6.54 Å². The van der Waals surface area contributed by atoms with Crippen LogP contribution in [0.5, 0.6) is 0 Å². The van der Waals surface area contributed by atoms with Gasteiger partial charge in [-0.3, -0.25) is 9.59 Å². The van der Waals surface area contributed by atoms with Crippen molar-refractivity contribution in [2.45, 2.75) is 59.4 Å². The van der Waals surface area contributed by atoms with Crippen LogP contribution in [0.4, 0.5) is 0 Å². The molecule has 1 aliphatic rings. The van der Waals surface area contributed by atoms with Crippen LogP contribution in [0.15, 0.2) is 0 Å². The van der Waals surface area contributed by atoms with E-state index < -0.39 is 0 Å². The average molecular weight is 311 g/mol. The number of carbonyl (C=O) groups excluding carboxylic acids is 2. The molecule has 0 aromatic rings. The Balaban J connectivity index is 2.23. The number of amides is 2. The Hall–Kier alpha value is -1.10. The summed E-state index contributed by atoms with van der Waals surface area (Å²) in [5.41, 5.74) is 0. The van der Waals surface area contributed by atoms with Gasteiger partial charge in [0.1, 0.15) is 0 Å². The molecule has 22 heavy (non-hydrogen) atoms. The number of nitrogens with one attached hydrogen (secondary N) is 2. The van der Waals surface area contributed by atoms with Gasteiger partial charge < -0.3 is 15.5 Å². The van der Waals surface area contributed by atoms with Crippen molar-refractivity contribution in [3.63, 3.8) is 0 Å². The molecule has 0 spiro atoms. The second kappa shape index (κ2) is 9.82. The highest BCUT2D eigenvalue weighted by Gasteiger charge is 2.26. The zero-order valence-corrected chi connectivity index (χ0v) is 14.7. The van der Waals surface area contributed by atoms with Crippen molar-refractivity contribution in [1.82, 2.24) is 15.5 Å². The zero-order chi connectivity index (χ0) is 16.5. The summed E-state index contributed by atoms with van der Waals surface area (Å²) in [4.78, 5) is 26.0. The van der Waals surface area contributed by atoms with Gasteiger partial charge in [-0.1, -0.05) is 34.1 Å². The summed E-state index contributed by atoms with van der Waals surface area (Å²) < 4.78 is 0. The highest BCUT2D eigenvalue weighted by Crippen LogP contribution is 2.17. The Morgan fingerprint density at radius 1 is 1.18 bits per heavy atom. The second-order valence-corrected chi connectivity index (χ2v) is 6.78. The number of nitrogens with zero attached hydrogens (tertiary/aromatic N) is 1. The lowest BCUT2D eigenvalue weighted by Crippen LogP contribution is -2.46. The van der Waals surface area contributed by atoms with Gasteiger partial charge in [0.2, 0.25) is 11.8 Å². The lowest BCUT2D eigenvalue weighted by molar-refractivity contribution is -0.135. The summed E-state index contributed by atoms with van der Waals surface area (Å²) in [6, 6.07) is 0.317. The normalized spacial score (nSPS) is 17.6. The molecule has 1 rings (SSSR count). The van der Waals surface area contributed by atoms with Gasteiger partial charge >= 0.3 is 0 Å². The minimum absolute atomic E-state index is 0.0686. The highest BCUT2D eigenvalue weighted by molar-refractivity contribution is 5.80. The summed E-state index contributed by atoms with van der Waals surface area (Å²) in [6.45, 7) is 11.0. The summed E-state index contributed by atoms with van der Waals surface area (Å²) in [5.74, 6) is 1.03. The molecule has 0 aromatic heterocycles. The maximum atomic E-state index is 12.1. The smallest absolute Gasteiger partial charge is 0.236 e. The van der Waals surface area contributed by atoms with Gasteiger partial charge in [-0.15, -0.1) is 0 Å². The molecule has 1 heterocycles. The molecule has 1 aliphatic heterocycles. The van der Waals surface area contributed by atoms with E-state index in [0.29, 0.717) is 31.6 Å². The van der Waals surface area contributed by atoms with Gasteiger partial charge in [-0.25, -0.2) is 0 Å². The predicted octanol–water partition coefficient (Wildman–Crippen LogP) is 1.78. The van der Waals surface area contributed by atoms with Crippen LogP contribution in [0.25, 0.3) is 0 Å². The quantitative estimate of drug-likeness (QED) is 0.718. The SMILES string of the molecule is CCC(C)CCNC(=O)C1CCN(C(=O)CNC(C)C)CC1. The summed E-state index contributed by atoms with van der Waals surface area (Å²) in [5, 5.41) is 6.20. The fraction of sp³-hybridized carbons (Fsp3) is 0.882. The molecule has 0 bridgehead atoms. The minimum atomic E-state index is 0.0686. The van der Waals surface area contributed by atoms with Crippen LogP contribution in [0, 0.1) is 11.8 Å². The topological polar surface area (TPSA) is 61.4 Å².